The zero-order valence-corrected chi connectivity index (χ0v) is 11.5. The molecule has 1 aromatic carbocycles. The number of hydrogen-bond acceptors (Lipinski definition) is 4. The van der Waals surface area contributed by atoms with Crippen LogP contribution in [-0.4, -0.2) is 41.3 Å². The third-order valence-electron chi connectivity index (χ3n) is 4.00. The van der Waals surface area contributed by atoms with E-state index in [0.717, 1.165) is 29.7 Å². The van der Waals surface area contributed by atoms with E-state index in [1.165, 1.54) is 6.42 Å². The average molecular weight is 256 g/mol. The number of rotatable bonds is 2. The molecule has 1 saturated heterocycles. The maximum atomic E-state index is 4.17. The highest BCUT2D eigenvalue weighted by Gasteiger charge is 2.24. The number of nitrogens with one attached hydrogen (secondary N) is 1. The Hall–Kier alpha value is -1.68. The van der Waals surface area contributed by atoms with Crippen LogP contribution in [-0.2, 0) is 0 Å². The number of likely N-dealkylation sites (tertiary alicyclic amines) is 1. The van der Waals surface area contributed by atoms with Crippen LogP contribution in [0.2, 0.25) is 0 Å². The quantitative estimate of drug-likeness (QED) is 0.895. The van der Waals surface area contributed by atoms with Gasteiger partial charge >= 0.3 is 0 Å². The molecule has 2 unspecified atom stereocenters. The van der Waals surface area contributed by atoms with Crippen LogP contribution in [0.15, 0.2) is 30.5 Å². The molecule has 0 aliphatic carbocycles. The Morgan fingerprint density at radius 3 is 3.00 bits per heavy atom. The lowest BCUT2D eigenvalue weighted by atomic mass is 9.94. The van der Waals surface area contributed by atoms with Gasteiger partial charge < -0.3 is 10.2 Å². The number of nitrogens with zero attached hydrogens (tertiary/aromatic N) is 3. The molecule has 3 rings (SSSR count). The number of fused-ring (bicyclic) bond motifs is 1. The fourth-order valence-electron chi connectivity index (χ4n) is 2.89. The highest BCUT2D eigenvalue weighted by molar-refractivity contribution is 5.90. The second-order valence-electron chi connectivity index (χ2n) is 5.55. The SMILES string of the molecule is CC1CN(C)CCC1Nc1cnnc2ccccc12. The zero-order chi connectivity index (χ0) is 13.2. The number of aromatic nitrogens is 2. The Morgan fingerprint density at radius 1 is 1.32 bits per heavy atom. The molecule has 2 aromatic rings. The average Bonchev–Trinajstić information content (AvgIpc) is 2.42. The molecule has 19 heavy (non-hydrogen) atoms. The van der Waals surface area contributed by atoms with Crippen LogP contribution >= 0.6 is 0 Å². The molecular weight excluding hydrogens is 236 g/mol. The molecule has 0 saturated carbocycles. The maximum Gasteiger partial charge on any atom is 0.0950 e. The second kappa shape index (κ2) is 5.13. The van der Waals surface area contributed by atoms with E-state index in [2.05, 4.69) is 40.5 Å². The lowest BCUT2D eigenvalue weighted by Crippen LogP contribution is -2.43. The van der Waals surface area contributed by atoms with Crippen molar-refractivity contribution in [3.05, 3.63) is 30.5 Å². The van der Waals surface area contributed by atoms with Crippen LogP contribution in [0.5, 0.6) is 0 Å². The topological polar surface area (TPSA) is 41.0 Å². The summed E-state index contributed by atoms with van der Waals surface area (Å²) in [6.45, 7) is 4.61. The molecule has 2 heterocycles. The monoisotopic (exact) mass is 256 g/mol. The van der Waals surface area contributed by atoms with E-state index < -0.39 is 0 Å². The first-order chi connectivity index (χ1) is 9.24. The predicted octanol–water partition coefficient (Wildman–Crippen LogP) is 2.38. The summed E-state index contributed by atoms with van der Waals surface area (Å²) in [5.41, 5.74) is 2.06. The summed E-state index contributed by atoms with van der Waals surface area (Å²) in [6.07, 6.45) is 3.02. The van der Waals surface area contributed by atoms with Gasteiger partial charge in [0.05, 0.1) is 17.4 Å². The van der Waals surface area contributed by atoms with Crippen molar-refractivity contribution >= 4 is 16.6 Å². The van der Waals surface area contributed by atoms with Crippen LogP contribution in [0.25, 0.3) is 10.9 Å². The van der Waals surface area contributed by atoms with Crippen molar-refractivity contribution in [1.29, 1.82) is 0 Å². The highest BCUT2D eigenvalue weighted by atomic mass is 15.1. The van der Waals surface area contributed by atoms with Gasteiger partial charge in [-0.1, -0.05) is 25.1 Å². The lowest BCUT2D eigenvalue weighted by Gasteiger charge is -2.35. The van der Waals surface area contributed by atoms with Gasteiger partial charge in [-0.3, -0.25) is 0 Å². The summed E-state index contributed by atoms with van der Waals surface area (Å²) in [5.74, 6) is 0.644. The van der Waals surface area contributed by atoms with Crippen LogP contribution in [0.4, 0.5) is 5.69 Å². The Morgan fingerprint density at radius 2 is 2.16 bits per heavy atom. The first-order valence-corrected chi connectivity index (χ1v) is 6.89. The Labute approximate surface area is 113 Å². The first-order valence-electron chi connectivity index (χ1n) is 6.89. The highest BCUT2D eigenvalue weighted by Crippen LogP contribution is 2.25. The molecule has 1 aromatic heterocycles. The van der Waals surface area contributed by atoms with E-state index in [9.17, 15) is 0 Å². The molecule has 0 amide bonds. The standard InChI is InChI=1S/C15H20N4/c1-11-10-19(2)8-7-13(11)17-15-9-16-18-14-6-4-3-5-12(14)15/h3-6,9,11,13H,7-8,10H2,1-2H3,(H,17,18). The molecule has 4 heteroatoms. The summed E-state index contributed by atoms with van der Waals surface area (Å²) < 4.78 is 0. The van der Waals surface area contributed by atoms with Crippen LogP contribution < -0.4 is 5.32 Å². The number of benzene rings is 1. The zero-order valence-electron chi connectivity index (χ0n) is 11.5. The van der Waals surface area contributed by atoms with Crippen molar-refractivity contribution in [2.24, 2.45) is 5.92 Å². The summed E-state index contributed by atoms with van der Waals surface area (Å²) in [5, 5.41) is 13.1. The Balaban J connectivity index is 1.85. The van der Waals surface area contributed by atoms with Gasteiger partial charge in [0.2, 0.25) is 0 Å². The van der Waals surface area contributed by atoms with Crippen molar-refractivity contribution in [2.75, 3.05) is 25.5 Å². The summed E-state index contributed by atoms with van der Waals surface area (Å²) >= 11 is 0. The summed E-state index contributed by atoms with van der Waals surface area (Å²) in [7, 11) is 2.19. The minimum atomic E-state index is 0.517. The van der Waals surface area contributed by atoms with E-state index in [4.69, 9.17) is 0 Å². The molecular formula is C15H20N4. The van der Waals surface area contributed by atoms with Gasteiger partial charge in [-0.25, -0.2) is 0 Å². The molecule has 1 fully saturated rings. The smallest absolute Gasteiger partial charge is 0.0950 e. The fraction of sp³-hybridized carbons (Fsp3) is 0.467. The molecule has 0 spiro atoms. The lowest BCUT2D eigenvalue weighted by molar-refractivity contribution is 0.206. The molecule has 2 atom stereocenters. The van der Waals surface area contributed by atoms with Crippen molar-refractivity contribution in [3.63, 3.8) is 0 Å². The fourth-order valence-corrected chi connectivity index (χ4v) is 2.89. The Bertz CT molecular complexity index is 564. The van der Waals surface area contributed by atoms with E-state index >= 15 is 0 Å². The summed E-state index contributed by atoms with van der Waals surface area (Å²) in [4.78, 5) is 2.39. The van der Waals surface area contributed by atoms with Gasteiger partial charge in [0.1, 0.15) is 0 Å². The molecule has 1 N–H and O–H groups in total. The molecule has 1 aliphatic heterocycles. The van der Waals surface area contributed by atoms with Crippen molar-refractivity contribution in [3.8, 4) is 0 Å². The number of anilines is 1. The Kier molecular flexibility index (Phi) is 3.34. The van der Waals surface area contributed by atoms with E-state index in [-0.39, 0.29) is 0 Å². The maximum absolute atomic E-state index is 4.17. The van der Waals surface area contributed by atoms with Crippen LogP contribution in [0, 0.1) is 5.92 Å². The van der Waals surface area contributed by atoms with E-state index in [0.29, 0.717) is 12.0 Å². The molecule has 4 nitrogen and oxygen atoms in total. The van der Waals surface area contributed by atoms with Gasteiger partial charge in [0.25, 0.3) is 0 Å². The van der Waals surface area contributed by atoms with Crippen LogP contribution in [0.1, 0.15) is 13.3 Å². The second-order valence-corrected chi connectivity index (χ2v) is 5.55. The van der Waals surface area contributed by atoms with Gasteiger partial charge in [-0.2, -0.15) is 10.2 Å². The van der Waals surface area contributed by atoms with E-state index in [1.807, 2.05) is 24.4 Å². The molecule has 100 valence electrons. The molecule has 0 bridgehead atoms. The van der Waals surface area contributed by atoms with Gasteiger partial charge in [-0.05, 0) is 32.0 Å². The van der Waals surface area contributed by atoms with Crippen molar-refractivity contribution in [2.45, 2.75) is 19.4 Å². The largest absolute Gasteiger partial charge is 0.380 e. The van der Waals surface area contributed by atoms with E-state index in [1.54, 1.807) is 0 Å². The molecule has 0 radical (unpaired) electrons. The van der Waals surface area contributed by atoms with Crippen molar-refractivity contribution in [1.82, 2.24) is 15.1 Å². The first kappa shape index (κ1) is 12.4. The van der Waals surface area contributed by atoms with Gasteiger partial charge in [-0.15, -0.1) is 0 Å². The third kappa shape index (κ3) is 2.54. The van der Waals surface area contributed by atoms with Gasteiger partial charge in [0, 0.05) is 18.0 Å². The van der Waals surface area contributed by atoms with Gasteiger partial charge in [0.15, 0.2) is 0 Å². The normalized spacial score (nSPS) is 24.5. The summed E-state index contributed by atoms with van der Waals surface area (Å²) in [6, 6.07) is 8.67. The van der Waals surface area contributed by atoms with Crippen molar-refractivity contribution < 1.29 is 0 Å². The number of piperidine rings is 1. The number of hydrogen-bond donors (Lipinski definition) is 1. The minimum absolute atomic E-state index is 0.517. The third-order valence-corrected chi connectivity index (χ3v) is 4.00. The predicted molar refractivity (Wildman–Crippen MR) is 78.2 cm³/mol. The molecule has 1 aliphatic rings. The van der Waals surface area contributed by atoms with Crippen LogP contribution in [0.3, 0.4) is 0 Å². The minimum Gasteiger partial charge on any atom is -0.380 e.